The molecule has 3 fully saturated rings. The third kappa shape index (κ3) is 6.86. The van der Waals surface area contributed by atoms with E-state index in [1.807, 2.05) is 0 Å². The molecule has 3 unspecified atom stereocenters. The first kappa shape index (κ1) is 27.4. The van der Waals surface area contributed by atoms with Crippen molar-refractivity contribution in [3.05, 3.63) is 71.8 Å². The number of likely N-dealkylation sites (tertiary alicyclic amines) is 2. The van der Waals surface area contributed by atoms with Crippen molar-refractivity contribution in [2.45, 2.75) is 81.8 Å². The molecule has 0 bridgehead atoms. The Hall–Kier alpha value is -2.21. The normalized spacial score (nSPS) is 25.8. The Balaban J connectivity index is 1.20. The lowest BCUT2D eigenvalue weighted by Crippen LogP contribution is -2.47. The van der Waals surface area contributed by atoms with Crippen LogP contribution in [0.3, 0.4) is 0 Å². The Bertz CT molecular complexity index is 999. The molecule has 2 saturated heterocycles. The molecule has 5 heteroatoms. The third-order valence-electron chi connectivity index (χ3n) is 9.67. The van der Waals surface area contributed by atoms with E-state index < -0.39 is 11.6 Å². The van der Waals surface area contributed by atoms with Crippen LogP contribution in [0.15, 0.2) is 60.7 Å². The molecule has 2 aromatic rings. The zero-order valence-electron chi connectivity index (χ0n) is 22.9. The fraction of sp³-hybridized carbons (Fsp3) is 0.606. The topological polar surface area (TPSA) is 64.0 Å². The number of aliphatic hydroxyl groups is 1. The molecule has 2 heterocycles. The van der Waals surface area contributed by atoms with Crippen LogP contribution in [0.1, 0.15) is 74.8 Å². The Morgan fingerprint density at radius 2 is 1.58 bits per heavy atom. The molecule has 5 nitrogen and oxygen atoms in total. The lowest BCUT2D eigenvalue weighted by molar-refractivity contribution is -0.145. The summed E-state index contributed by atoms with van der Waals surface area (Å²) in [5.41, 5.74) is 2.13. The summed E-state index contributed by atoms with van der Waals surface area (Å²) in [5, 5.41) is 21.5. The molecule has 38 heavy (non-hydrogen) atoms. The van der Waals surface area contributed by atoms with E-state index in [-0.39, 0.29) is 12.0 Å². The summed E-state index contributed by atoms with van der Waals surface area (Å²) in [5.74, 6) is 0.403. The average Bonchev–Trinajstić information content (AvgIpc) is 3.34. The van der Waals surface area contributed by atoms with Crippen LogP contribution in [-0.2, 0) is 11.2 Å². The number of piperidine rings is 1. The highest BCUT2D eigenvalue weighted by atomic mass is 16.4. The third-order valence-corrected chi connectivity index (χ3v) is 9.67. The number of carbonyl (C=O) groups is 1. The molecule has 1 aliphatic carbocycles. The molecular weight excluding hydrogens is 472 g/mol. The Morgan fingerprint density at radius 3 is 2.24 bits per heavy atom. The van der Waals surface area contributed by atoms with Crippen LogP contribution >= 0.6 is 0 Å². The minimum Gasteiger partial charge on any atom is -0.480 e. The van der Waals surface area contributed by atoms with Crippen LogP contribution in [0.4, 0.5) is 0 Å². The quantitative estimate of drug-likeness (QED) is 0.430. The number of nitrogens with zero attached hydrogens (tertiary/aromatic N) is 2. The lowest BCUT2D eigenvalue weighted by atomic mass is 9.83. The van der Waals surface area contributed by atoms with Gasteiger partial charge in [-0.3, -0.25) is 9.69 Å². The summed E-state index contributed by atoms with van der Waals surface area (Å²) in [6.07, 6.45) is 10.2. The molecule has 5 rings (SSSR count). The molecule has 2 aliphatic heterocycles. The molecule has 0 radical (unpaired) electrons. The van der Waals surface area contributed by atoms with Gasteiger partial charge in [0.15, 0.2) is 0 Å². The summed E-state index contributed by atoms with van der Waals surface area (Å²) in [6.45, 7) is 4.51. The van der Waals surface area contributed by atoms with Crippen LogP contribution in [0, 0.1) is 11.8 Å². The summed E-state index contributed by atoms with van der Waals surface area (Å²) in [4.78, 5) is 17.3. The van der Waals surface area contributed by atoms with Gasteiger partial charge in [-0.2, -0.15) is 0 Å². The number of hydrogen-bond acceptors (Lipinski definition) is 4. The van der Waals surface area contributed by atoms with Gasteiger partial charge in [-0.1, -0.05) is 79.9 Å². The molecule has 3 aliphatic rings. The lowest BCUT2D eigenvalue weighted by Gasteiger charge is -2.40. The van der Waals surface area contributed by atoms with Crippen molar-refractivity contribution in [3.63, 3.8) is 0 Å². The van der Waals surface area contributed by atoms with Crippen LogP contribution in [0.25, 0.3) is 0 Å². The fourth-order valence-electron chi connectivity index (χ4n) is 7.50. The number of carboxylic acid groups (broad SMARTS) is 1. The number of benzene rings is 2. The molecule has 1 saturated carbocycles. The highest BCUT2D eigenvalue weighted by Gasteiger charge is 2.43. The van der Waals surface area contributed by atoms with E-state index in [9.17, 15) is 15.0 Å². The largest absolute Gasteiger partial charge is 0.480 e. The maximum atomic E-state index is 12.5. The highest BCUT2D eigenvalue weighted by Crippen LogP contribution is 2.39. The SMILES string of the molecule is O=C(O)C(C1CCCCC1)N1CC(CN2CCC(O)(CCCc3ccccc3)CC2)C(c2ccccc2)C1. The molecule has 0 amide bonds. The molecule has 0 spiro atoms. The van der Waals surface area contributed by atoms with Gasteiger partial charge in [0.25, 0.3) is 0 Å². The van der Waals surface area contributed by atoms with Crippen molar-refractivity contribution in [2.75, 3.05) is 32.7 Å². The van der Waals surface area contributed by atoms with Crippen LogP contribution < -0.4 is 0 Å². The van der Waals surface area contributed by atoms with Crippen LogP contribution in [0.5, 0.6) is 0 Å². The highest BCUT2D eigenvalue weighted by molar-refractivity contribution is 5.74. The number of rotatable bonds is 10. The van der Waals surface area contributed by atoms with Gasteiger partial charge in [0.1, 0.15) is 6.04 Å². The fourth-order valence-corrected chi connectivity index (χ4v) is 7.50. The minimum absolute atomic E-state index is 0.275. The van der Waals surface area contributed by atoms with Crippen molar-refractivity contribution in [1.29, 1.82) is 0 Å². The second-order valence-electron chi connectivity index (χ2n) is 12.3. The monoisotopic (exact) mass is 518 g/mol. The number of aliphatic carboxylic acids is 1. The first-order valence-corrected chi connectivity index (χ1v) is 15.0. The van der Waals surface area contributed by atoms with E-state index in [4.69, 9.17) is 0 Å². The van der Waals surface area contributed by atoms with Gasteiger partial charge < -0.3 is 15.1 Å². The zero-order valence-corrected chi connectivity index (χ0v) is 22.9. The molecule has 0 aromatic heterocycles. The van der Waals surface area contributed by atoms with E-state index in [0.717, 1.165) is 90.5 Å². The van der Waals surface area contributed by atoms with E-state index in [1.165, 1.54) is 17.5 Å². The van der Waals surface area contributed by atoms with Gasteiger partial charge in [0.2, 0.25) is 0 Å². The predicted octanol–water partition coefficient (Wildman–Crippen LogP) is 5.59. The van der Waals surface area contributed by atoms with Crippen molar-refractivity contribution in [2.24, 2.45) is 11.8 Å². The van der Waals surface area contributed by atoms with Crippen molar-refractivity contribution in [3.8, 4) is 0 Å². The van der Waals surface area contributed by atoms with E-state index >= 15 is 0 Å². The summed E-state index contributed by atoms with van der Waals surface area (Å²) >= 11 is 0. The summed E-state index contributed by atoms with van der Waals surface area (Å²) in [6, 6.07) is 20.9. The molecule has 206 valence electrons. The van der Waals surface area contributed by atoms with E-state index in [0.29, 0.717) is 11.8 Å². The molecular formula is C33H46N2O3. The maximum Gasteiger partial charge on any atom is 0.321 e. The van der Waals surface area contributed by atoms with Crippen LogP contribution in [-0.4, -0.2) is 70.3 Å². The second-order valence-corrected chi connectivity index (χ2v) is 12.3. The first-order chi connectivity index (χ1) is 18.5. The van der Waals surface area contributed by atoms with Gasteiger partial charge in [-0.25, -0.2) is 0 Å². The van der Waals surface area contributed by atoms with E-state index in [2.05, 4.69) is 70.5 Å². The van der Waals surface area contributed by atoms with Gasteiger partial charge in [-0.15, -0.1) is 0 Å². The number of carboxylic acids is 1. The Labute approximate surface area is 228 Å². The average molecular weight is 519 g/mol. The Kier molecular flexibility index (Phi) is 9.19. The maximum absolute atomic E-state index is 12.5. The Morgan fingerprint density at radius 1 is 0.921 bits per heavy atom. The van der Waals surface area contributed by atoms with Gasteiger partial charge >= 0.3 is 5.97 Å². The number of aryl methyl sites for hydroxylation is 1. The summed E-state index contributed by atoms with van der Waals surface area (Å²) in [7, 11) is 0. The molecule has 2 N–H and O–H groups in total. The smallest absolute Gasteiger partial charge is 0.321 e. The molecule has 3 atom stereocenters. The van der Waals surface area contributed by atoms with Crippen molar-refractivity contribution in [1.82, 2.24) is 9.80 Å². The summed E-state index contributed by atoms with van der Waals surface area (Å²) < 4.78 is 0. The van der Waals surface area contributed by atoms with Crippen LogP contribution in [0.2, 0.25) is 0 Å². The molecule has 2 aromatic carbocycles. The van der Waals surface area contributed by atoms with Gasteiger partial charge in [0, 0.05) is 38.6 Å². The predicted molar refractivity (Wildman–Crippen MR) is 152 cm³/mol. The first-order valence-electron chi connectivity index (χ1n) is 15.0. The standard InChI is InChI=1S/C33H46N2O3/c36-32(37)31(28-16-8-3-9-17-28)35-24-29(30(25-35)27-14-6-2-7-15-27)23-34-21-19-33(38,20-22-34)18-10-13-26-11-4-1-5-12-26/h1-2,4-7,11-12,14-15,28-31,38H,3,8-10,13,16-25H2,(H,36,37). The van der Waals surface area contributed by atoms with E-state index in [1.54, 1.807) is 0 Å². The second kappa shape index (κ2) is 12.8. The minimum atomic E-state index is -0.636. The number of hydrogen-bond donors (Lipinski definition) is 2. The van der Waals surface area contributed by atoms with Crippen molar-refractivity contribution < 1.29 is 15.0 Å². The van der Waals surface area contributed by atoms with Gasteiger partial charge in [-0.05, 0) is 67.9 Å². The zero-order chi connectivity index (χ0) is 26.4. The van der Waals surface area contributed by atoms with Crippen molar-refractivity contribution >= 4 is 5.97 Å². The van der Waals surface area contributed by atoms with Gasteiger partial charge in [0.05, 0.1) is 5.60 Å².